The van der Waals surface area contributed by atoms with E-state index in [4.69, 9.17) is 16.0 Å². The molecule has 11 heteroatoms. The predicted octanol–water partition coefficient (Wildman–Crippen LogP) is 2.33. The molecule has 3 N–H and O–H groups in total. The molecule has 1 aromatic carbocycles. The average Bonchev–Trinajstić information content (AvgIpc) is 3.46. The van der Waals surface area contributed by atoms with E-state index < -0.39 is 15.8 Å². The Balaban J connectivity index is 1.31. The zero-order valence-corrected chi connectivity index (χ0v) is 18.3. The van der Waals surface area contributed by atoms with Crippen LogP contribution in [-0.2, 0) is 21.4 Å². The third-order valence-electron chi connectivity index (χ3n) is 5.65. The van der Waals surface area contributed by atoms with Crippen LogP contribution in [0.3, 0.4) is 0 Å². The monoisotopic (exact) mass is 470 g/mol. The maximum absolute atomic E-state index is 13.2. The fraction of sp³-hybridized carbons (Fsp3) is 0.450. The molecule has 2 aliphatic rings. The molecule has 1 aromatic heterocycles. The van der Waals surface area contributed by atoms with Gasteiger partial charge in [-0.15, -0.1) is 0 Å². The van der Waals surface area contributed by atoms with Crippen LogP contribution in [0.4, 0.5) is 4.39 Å². The summed E-state index contributed by atoms with van der Waals surface area (Å²) in [6, 6.07) is 7.41. The Morgan fingerprint density at radius 1 is 1.23 bits per heavy atom. The zero-order valence-electron chi connectivity index (χ0n) is 16.7. The summed E-state index contributed by atoms with van der Waals surface area (Å²) in [5.41, 5.74) is 6.73. The number of nitrogens with zero attached hydrogens (tertiary/aromatic N) is 1. The van der Waals surface area contributed by atoms with E-state index in [1.165, 1.54) is 22.5 Å². The molecular weight excluding hydrogens is 447 g/mol. The molecule has 1 amide bonds. The van der Waals surface area contributed by atoms with Crippen molar-refractivity contribution in [2.45, 2.75) is 36.9 Å². The summed E-state index contributed by atoms with van der Waals surface area (Å²) in [5, 5.41) is 2.75. The Hall–Kier alpha value is -1.98. The van der Waals surface area contributed by atoms with E-state index in [2.05, 4.69) is 16.2 Å². The van der Waals surface area contributed by atoms with Crippen LogP contribution in [-0.4, -0.2) is 38.3 Å². The fourth-order valence-corrected chi connectivity index (χ4v) is 5.42. The lowest BCUT2D eigenvalue weighted by Gasteiger charge is -2.29. The minimum atomic E-state index is -3.75. The summed E-state index contributed by atoms with van der Waals surface area (Å²) in [6.45, 7) is 1.50. The highest BCUT2D eigenvalue weighted by Crippen LogP contribution is 2.28. The molecule has 2 saturated heterocycles. The van der Waals surface area contributed by atoms with Crippen molar-refractivity contribution < 1.29 is 22.0 Å². The maximum atomic E-state index is 13.2. The second-order valence-electron chi connectivity index (χ2n) is 7.71. The Morgan fingerprint density at radius 3 is 2.68 bits per heavy atom. The lowest BCUT2D eigenvalue weighted by Crippen LogP contribution is -2.42. The van der Waals surface area contributed by atoms with Crippen LogP contribution in [0.5, 0.6) is 0 Å². The van der Waals surface area contributed by atoms with Crippen molar-refractivity contribution in [1.82, 2.24) is 20.5 Å². The lowest BCUT2D eigenvalue weighted by molar-refractivity contribution is -0.126. The first-order valence-electron chi connectivity index (χ1n) is 10.1. The average molecular weight is 471 g/mol. The number of nitrogens with one attached hydrogen (secondary N) is 3. The minimum absolute atomic E-state index is 0.00585. The number of hydrazine groups is 1. The van der Waals surface area contributed by atoms with Gasteiger partial charge in [0.1, 0.15) is 11.6 Å². The topological polar surface area (TPSA) is 104 Å². The standard InChI is InChI=1S/C20H24ClFN4O4S/c21-15-11-13(1-2-16(15)22)12-23-20(27)14-6-9-26(10-7-14)31(28,29)19-4-3-18(30-19)17-5-8-24-25-17/h1-4,11,14,17,24-25H,5-10,12H2,(H,23,27). The second kappa shape index (κ2) is 9.25. The van der Waals surface area contributed by atoms with Gasteiger partial charge in [0.2, 0.25) is 11.0 Å². The number of amides is 1. The van der Waals surface area contributed by atoms with Crippen LogP contribution < -0.4 is 16.2 Å². The second-order valence-corrected chi connectivity index (χ2v) is 9.99. The number of sulfonamides is 1. The predicted molar refractivity (Wildman–Crippen MR) is 112 cm³/mol. The highest BCUT2D eigenvalue weighted by Gasteiger charge is 2.34. The van der Waals surface area contributed by atoms with Crippen molar-refractivity contribution in [3.8, 4) is 0 Å². The molecule has 8 nitrogen and oxygen atoms in total. The van der Waals surface area contributed by atoms with Crippen LogP contribution in [0.25, 0.3) is 0 Å². The van der Waals surface area contributed by atoms with Gasteiger partial charge in [-0.25, -0.2) is 18.2 Å². The molecule has 2 fully saturated rings. The zero-order chi connectivity index (χ0) is 22.0. The Kier molecular flexibility index (Phi) is 6.63. The van der Waals surface area contributed by atoms with Gasteiger partial charge in [0.05, 0.1) is 11.1 Å². The van der Waals surface area contributed by atoms with Gasteiger partial charge in [0.25, 0.3) is 10.0 Å². The number of benzene rings is 1. The quantitative estimate of drug-likeness (QED) is 0.598. The molecule has 0 bridgehead atoms. The molecular formula is C20H24ClFN4O4S. The third-order valence-corrected chi connectivity index (χ3v) is 7.71. The normalized spacial score (nSPS) is 20.8. The van der Waals surface area contributed by atoms with Gasteiger partial charge in [0.15, 0.2) is 0 Å². The molecule has 1 unspecified atom stereocenters. The summed E-state index contributed by atoms with van der Waals surface area (Å²) < 4.78 is 46.0. The first-order valence-corrected chi connectivity index (χ1v) is 12.0. The maximum Gasteiger partial charge on any atom is 0.276 e. The van der Waals surface area contributed by atoms with Crippen molar-refractivity contribution >= 4 is 27.5 Å². The summed E-state index contributed by atoms with van der Waals surface area (Å²) in [5.74, 6) is -0.371. The van der Waals surface area contributed by atoms with E-state index in [9.17, 15) is 17.6 Å². The number of carbonyl (C=O) groups is 1. The minimum Gasteiger partial charge on any atom is -0.447 e. The van der Waals surface area contributed by atoms with Gasteiger partial charge >= 0.3 is 0 Å². The van der Waals surface area contributed by atoms with Gasteiger partial charge in [0, 0.05) is 32.1 Å². The number of furan rings is 1. The van der Waals surface area contributed by atoms with E-state index in [1.54, 1.807) is 12.1 Å². The van der Waals surface area contributed by atoms with Crippen LogP contribution in [0.15, 0.2) is 39.8 Å². The van der Waals surface area contributed by atoms with Gasteiger partial charge in [-0.3, -0.25) is 10.2 Å². The van der Waals surface area contributed by atoms with Crippen LogP contribution >= 0.6 is 11.6 Å². The number of hydrogen-bond donors (Lipinski definition) is 3. The molecule has 0 spiro atoms. The van der Waals surface area contributed by atoms with E-state index in [1.807, 2.05) is 0 Å². The van der Waals surface area contributed by atoms with Gasteiger partial charge in [-0.2, -0.15) is 4.31 Å². The fourth-order valence-electron chi connectivity index (χ4n) is 3.83. The van der Waals surface area contributed by atoms with E-state index in [-0.39, 0.29) is 47.6 Å². The Morgan fingerprint density at radius 2 is 2.00 bits per heavy atom. The first kappa shape index (κ1) is 22.2. The molecule has 2 aliphatic heterocycles. The molecule has 0 radical (unpaired) electrons. The Labute approximate surface area is 185 Å². The number of carbonyl (C=O) groups excluding carboxylic acids is 1. The molecule has 3 heterocycles. The van der Waals surface area contributed by atoms with Crippen molar-refractivity contribution in [3.05, 3.63) is 52.5 Å². The van der Waals surface area contributed by atoms with Crippen molar-refractivity contribution in [2.24, 2.45) is 5.92 Å². The van der Waals surface area contributed by atoms with Crippen LogP contribution in [0, 0.1) is 11.7 Å². The highest BCUT2D eigenvalue weighted by molar-refractivity contribution is 7.89. The summed E-state index contributed by atoms with van der Waals surface area (Å²) in [4.78, 5) is 12.5. The Bertz CT molecular complexity index is 1050. The largest absolute Gasteiger partial charge is 0.447 e. The number of hydrogen-bond acceptors (Lipinski definition) is 6. The van der Waals surface area contributed by atoms with Crippen molar-refractivity contribution in [2.75, 3.05) is 19.6 Å². The molecule has 1 atom stereocenters. The molecule has 4 rings (SSSR count). The molecule has 168 valence electrons. The van der Waals surface area contributed by atoms with E-state index in [0.717, 1.165) is 13.0 Å². The third kappa shape index (κ3) is 4.93. The summed E-state index contributed by atoms with van der Waals surface area (Å²) in [6.07, 6.45) is 1.64. The summed E-state index contributed by atoms with van der Waals surface area (Å²) in [7, 11) is -3.75. The molecule has 31 heavy (non-hydrogen) atoms. The lowest BCUT2D eigenvalue weighted by atomic mass is 9.97. The van der Waals surface area contributed by atoms with Gasteiger partial charge in [-0.05, 0) is 49.1 Å². The highest BCUT2D eigenvalue weighted by atomic mass is 35.5. The van der Waals surface area contributed by atoms with Crippen LogP contribution in [0.2, 0.25) is 5.02 Å². The smallest absolute Gasteiger partial charge is 0.276 e. The van der Waals surface area contributed by atoms with Gasteiger partial charge in [-0.1, -0.05) is 17.7 Å². The number of halogens is 2. The van der Waals surface area contributed by atoms with Gasteiger partial charge < -0.3 is 9.73 Å². The first-order chi connectivity index (χ1) is 14.8. The van der Waals surface area contributed by atoms with E-state index in [0.29, 0.717) is 24.2 Å². The number of piperidine rings is 1. The number of rotatable bonds is 6. The van der Waals surface area contributed by atoms with E-state index >= 15 is 0 Å². The molecule has 0 saturated carbocycles. The van der Waals surface area contributed by atoms with Crippen LogP contribution in [0.1, 0.15) is 36.6 Å². The van der Waals surface area contributed by atoms with Crippen molar-refractivity contribution in [1.29, 1.82) is 0 Å². The SMILES string of the molecule is O=C(NCc1ccc(F)c(Cl)c1)C1CCN(S(=O)(=O)c2ccc(C3CCNN3)o2)CC1. The molecule has 2 aromatic rings. The van der Waals surface area contributed by atoms with Crippen molar-refractivity contribution in [3.63, 3.8) is 0 Å². The molecule has 0 aliphatic carbocycles. The summed E-state index contributed by atoms with van der Waals surface area (Å²) >= 11 is 5.76.